The van der Waals surface area contributed by atoms with E-state index in [0.29, 0.717) is 19.6 Å². The van der Waals surface area contributed by atoms with Gasteiger partial charge in [-0.3, -0.25) is 4.90 Å². The summed E-state index contributed by atoms with van der Waals surface area (Å²) in [7, 11) is 1.64. The Kier molecular flexibility index (Phi) is 4.35. The smallest absolute Gasteiger partial charge is 0.0995 e. The van der Waals surface area contributed by atoms with E-state index in [1.54, 1.807) is 7.11 Å². The lowest BCUT2D eigenvalue weighted by Crippen LogP contribution is -2.44. The van der Waals surface area contributed by atoms with Crippen molar-refractivity contribution in [2.75, 3.05) is 33.4 Å². The van der Waals surface area contributed by atoms with Gasteiger partial charge in [0.15, 0.2) is 0 Å². The van der Waals surface area contributed by atoms with E-state index in [0.717, 1.165) is 13.1 Å². The van der Waals surface area contributed by atoms with Crippen LogP contribution >= 0.6 is 0 Å². The van der Waals surface area contributed by atoms with Crippen LogP contribution in [0, 0.1) is 0 Å². The van der Waals surface area contributed by atoms with Gasteiger partial charge in [-0.15, -0.1) is 0 Å². The second-order valence-electron chi connectivity index (χ2n) is 4.83. The fourth-order valence-corrected chi connectivity index (χ4v) is 2.92. The molecule has 0 aromatic heterocycles. The Morgan fingerprint density at radius 2 is 2.06 bits per heavy atom. The summed E-state index contributed by atoms with van der Waals surface area (Å²) in [4.78, 5) is 2.01. The molecule has 0 bridgehead atoms. The minimum atomic E-state index is -0.846. The molecule has 5 atom stereocenters. The summed E-state index contributed by atoms with van der Waals surface area (Å²) in [6.07, 6.45) is -1.49. The fraction of sp³-hybridized carbons (Fsp3) is 1.00. The lowest BCUT2D eigenvalue weighted by molar-refractivity contribution is 0.00340. The average Bonchev–Trinajstić information content (AvgIpc) is 2.79. The molecule has 17 heavy (non-hydrogen) atoms. The van der Waals surface area contributed by atoms with Crippen molar-refractivity contribution in [1.29, 1.82) is 0 Å². The molecular formula is C11H22N2O4. The van der Waals surface area contributed by atoms with Crippen LogP contribution in [0.5, 0.6) is 0 Å². The summed E-state index contributed by atoms with van der Waals surface area (Å²) in [5, 5.41) is 32.8. The van der Waals surface area contributed by atoms with Gasteiger partial charge in [0.1, 0.15) is 0 Å². The van der Waals surface area contributed by atoms with Gasteiger partial charge in [0.05, 0.1) is 37.0 Å². The first-order chi connectivity index (χ1) is 8.16. The molecule has 2 aliphatic heterocycles. The van der Waals surface area contributed by atoms with Gasteiger partial charge >= 0.3 is 0 Å². The zero-order chi connectivity index (χ0) is 12.4. The zero-order valence-corrected chi connectivity index (χ0v) is 10.1. The Balaban J connectivity index is 1.89. The van der Waals surface area contributed by atoms with Crippen LogP contribution in [0.4, 0.5) is 0 Å². The van der Waals surface area contributed by atoms with Crippen LogP contribution in [0.25, 0.3) is 0 Å². The Labute approximate surface area is 101 Å². The fourth-order valence-electron chi connectivity index (χ4n) is 2.92. The first-order valence-electron chi connectivity index (χ1n) is 6.16. The highest BCUT2D eigenvalue weighted by Crippen LogP contribution is 2.33. The molecule has 6 heteroatoms. The molecule has 100 valence electrons. The third-order valence-electron chi connectivity index (χ3n) is 3.82. The summed E-state index contributed by atoms with van der Waals surface area (Å²) >= 11 is 0. The summed E-state index contributed by atoms with van der Waals surface area (Å²) < 4.78 is 4.93. The molecule has 0 amide bonds. The van der Waals surface area contributed by atoms with E-state index in [-0.39, 0.29) is 12.1 Å². The van der Waals surface area contributed by atoms with E-state index in [4.69, 9.17) is 4.74 Å². The Bertz CT molecular complexity index is 254. The maximum absolute atomic E-state index is 9.96. The number of aliphatic hydroxyl groups is 3. The van der Waals surface area contributed by atoms with E-state index in [9.17, 15) is 15.3 Å². The van der Waals surface area contributed by atoms with Crippen molar-refractivity contribution in [2.45, 2.75) is 36.8 Å². The Morgan fingerprint density at radius 1 is 1.29 bits per heavy atom. The summed E-state index contributed by atoms with van der Waals surface area (Å²) in [5.41, 5.74) is 0. The molecule has 2 fully saturated rings. The molecule has 2 aliphatic rings. The summed E-state index contributed by atoms with van der Waals surface area (Å²) in [6.45, 7) is 2.68. The van der Waals surface area contributed by atoms with Gasteiger partial charge in [0.2, 0.25) is 0 Å². The first kappa shape index (κ1) is 13.2. The highest BCUT2D eigenvalue weighted by Gasteiger charge is 2.52. The number of aliphatic hydroxyl groups excluding tert-OH is 3. The predicted molar refractivity (Wildman–Crippen MR) is 61.7 cm³/mol. The molecule has 0 aliphatic carbocycles. The number of rotatable bonds is 5. The molecule has 2 heterocycles. The maximum Gasteiger partial charge on any atom is 0.0995 e. The van der Waals surface area contributed by atoms with Crippen LogP contribution in [0.2, 0.25) is 0 Å². The standard InChI is InChI=1S/C11H22N2O4/c1-17-5-3-12-6-7-10(15)11(16)9-8(14)2-4-13(7)9/h7-12,14-16H,2-6H2,1H3/t7-,8+,9-,10-,11-/m1/s1. The quantitative estimate of drug-likeness (QED) is 0.411. The SMILES string of the molecule is COCCNC[C@@H]1[C@@H](O)[C@H](O)[C@H]2[C@@H](O)CCN21. The molecule has 0 saturated carbocycles. The van der Waals surface area contributed by atoms with Crippen LogP contribution in [0.15, 0.2) is 0 Å². The topological polar surface area (TPSA) is 85.2 Å². The second-order valence-corrected chi connectivity index (χ2v) is 4.83. The van der Waals surface area contributed by atoms with Gasteiger partial charge in [-0.05, 0) is 6.42 Å². The normalized spacial score (nSPS) is 42.0. The number of nitrogens with one attached hydrogen (secondary N) is 1. The maximum atomic E-state index is 9.96. The van der Waals surface area contributed by atoms with E-state index in [2.05, 4.69) is 5.32 Å². The van der Waals surface area contributed by atoms with Crippen LogP contribution in [-0.4, -0.2) is 84.0 Å². The van der Waals surface area contributed by atoms with Crippen molar-refractivity contribution in [3.8, 4) is 0 Å². The van der Waals surface area contributed by atoms with Gasteiger partial charge in [-0.25, -0.2) is 0 Å². The second kappa shape index (κ2) is 5.60. The van der Waals surface area contributed by atoms with Gasteiger partial charge in [-0.1, -0.05) is 0 Å². The molecule has 0 aromatic rings. The lowest BCUT2D eigenvalue weighted by atomic mass is 10.0. The van der Waals surface area contributed by atoms with Crippen molar-refractivity contribution in [2.24, 2.45) is 0 Å². The van der Waals surface area contributed by atoms with Crippen molar-refractivity contribution in [3.05, 3.63) is 0 Å². The van der Waals surface area contributed by atoms with E-state index in [1.165, 1.54) is 0 Å². The van der Waals surface area contributed by atoms with E-state index in [1.807, 2.05) is 4.90 Å². The Morgan fingerprint density at radius 3 is 2.76 bits per heavy atom. The van der Waals surface area contributed by atoms with Crippen molar-refractivity contribution < 1.29 is 20.1 Å². The largest absolute Gasteiger partial charge is 0.391 e. The van der Waals surface area contributed by atoms with Crippen LogP contribution in [0.3, 0.4) is 0 Å². The predicted octanol–water partition coefficient (Wildman–Crippen LogP) is -2.24. The van der Waals surface area contributed by atoms with E-state index < -0.39 is 18.3 Å². The zero-order valence-electron chi connectivity index (χ0n) is 10.1. The van der Waals surface area contributed by atoms with Gasteiger partial charge < -0.3 is 25.4 Å². The van der Waals surface area contributed by atoms with Gasteiger partial charge in [0, 0.05) is 26.7 Å². The summed E-state index contributed by atoms with van der Waals surface area (Å²) in [6, 6.07) is -0.428. The molecule has 0 radical (unpaired) electrons. The van der Waals surface area contributed by atoms with Gasteiger partial charge in [-0.2, -0.15) is 0 Å². The molecule has 2 saturated heterocycles. The average molecular weight is 246 g/mol. The molecule has 0 unspecified atom stereocenters. The number of hydrogen-bond donors (Lipinski definition) is 4. The molecule has 0 aromatic carbocycles. The third kappa shape index (κ3) is 2.47. The molecule has 2 rings (SSSR count). The highest BCUT2D eigenvalue weighted by atomic mass is 16.5. The van der Waals surface area contributed by atoms with Crippen LogP contribution in [0.1, 0.15) is 6.42 Å². The van der Waals surface area contributed by atoms with Crippen molar-refractivity contribution in [3.63, 3.8) is 0 Å². The van der Waals surface area contributed by atoms with Crippen LogP contribution < -0.4 is 5.32 Å². The number of methoxy groups -OCH3 is 1. The number of fused-ring (bicyclic) bond motifs is 1. The first-order valence-corrected chi connectivity index (χ1v) is 6.16. The minimum absolute atomic E-state index is 0.121. The molecule has 0 spiro atoms. The number of ether oxygens (including phenoxy) is 1. The van der Waals surface area contributed by atoms with Crippen molar-refractivity contribution in [1.82, 2.24) is 10.2 Å². The lowest BCUT2D eigenvalue weighted by Gasteiger charge is -2.25. The molecule has 4 N–H and O–H groups in total. The van der Waals surface area contributed by atoms with Gasteiger partial charge in [0.25, 0.3) is 0 Å². The summed E-state index contributed by atoms with van der Waals surface area (Å²) in [5.74, 6) is 0. The highest BCUT2D eigenvalue weighted by molar-refractivity contribution is 5.07. The van der Waals surface area contributed by atoms with E-state index >= 15 is 0 Å². The molecule has 6 nitrogen and oxygen atoms in total. The molecular weight excluding hydrogens is 224 g/mol. The number of hydrogen-bond acceptors (Lipinski definition) is 6. The van der Waals surface area contributed by atoms with Crippen molar-refractivity contribution >= 4 is 0 Å². The van der Waals surface area contributed by atoms with Crippen LogP contribution in [-0.2, 0) is 4.74 Å². The number of nitrogens with zero attached hydrogens (tertiary/aromatic N) is 1. The third-order valence-corrected chi connectivity index (χ3v) is 3.82. The Hall–Kier alpha value is -0.240. The monoisotopic (exact) mass is 246 g/mol. The minimum Gasteiger partial charge on any atom is -0.391 e.